The molecule has 0 bridgehead atoms. The number of carbonyl (C=O) groups is 2. The minimum atomic E-state index is -1.19. The van der Waals surface area contributed by atoms with Crippen LogP contribution in [-0.2, 0) is 16.0 Å². The standard InChI is InChI=1S/C16H16O8/c1-8-9(5-13(19)20)16(21)24-15-10(7-17)11(18)6-12(14(8)15)23-4-3-22-2/h6-7,18H,3-5H2,1-2H3,(H,19,20). The lowest BCUT2D eigenvalue weighted by atomic mass is 10.0. The monoisotopic (exact) mass is 336 g/mol. The first-order valence-electron chi connectivity index (χ1n) is 7.01. The molecule has 128 valence electrons. The number of ether oxygens (including phenoxy) is 2. The molecular weight excluding hydrogens is 320 g/mol. The van der Waals surface area contributed by atoms with Crippen molar-refractivity contribution in [1.82, 2.24) is 0 Å². The summed E-state index contributed by atoms with van der Waals surface area (Å²) in [6.07, 6.45) is -0.172. The van der Waals surface area contributed by atoms with Gasteiger partial charge in [-0.05, 0) is 12.5 Å². The lowest BCUT2D eigenvalue weighted by molar-refractivity contribution is -0.136. The smallest absolute Gasteiger partial charge is 0.340 e. The van der Waals surface area contributed by atoms with E-state index in [1.807, 2.05) is 0 Å². The Hall–Kier alpha value is -2.87. The van der Waals surface area contributed by atoms with Gasteiger partial charge < -0.3 is 24.1 Å². The first kappa shape index (κ1) is 17.5. The van der Waals surface area contributed by atoms with Gasteiger partial charge in [-0.1, -0.05) is 0 Å². The molecule has 0 unspecified atom stereocenters. The number of carboxylic acids is 1. The molecule has 1 aromatic carbocycles. The molecule has 0 saturated carbocycles. The van der Waals surface area contributed by atoms with Gasteiger partial charge in [-0.15, -0.1) is 0 Å². The number of rotatable bonds is 7. The number of aldehydes is 1. The Morgan fingerprint density at radius 1 is 1.38 bits per heavy atom. The van der Waals surface area contributed by atoms with Gasteiger partial charge in [-0.3, -0.25) is 9.59 Å². The highest BCUT2D eigenvalue weighted by molar-refractivity contribution is 6.02. The number of aromatic hydroxyl groups is 1. The summed E-state index contributed by atoms with van der Waals surface area (Å²) in [5.41, 5.74) is -0.951. The molecule has 1 heterocycles. The number of fused-ring (bicyclic) bond motifs is 1. The SMILES string of the molecule is COCCOc1cc(O)c(C=O)c2oc(=O)c(CC(=O)O)c(C)c12. The molecule has 8 nitrogen and oxygen atoms in total. The van der Waals surface area contributed by atoms with Gasteiger partial charge in [-0.25, -0.2) is 4.79 Å². The van der Waals surface area contributed by atoms with Crippen molar-refractivity contribution in [3.63, 3.8) is 0 Å². The van der Waals surface area contributed by atoms with Gasteiger partial charge in [0.1, 0.15) is 18.1 Å². The van der Waals surface area contributed by atoms with E-state index in [1.165, 1.54) is 20.1 Å². The predicted molar refractivity (Wildman–Crippen MR) is 83.0 cm³/mol. The lowest BCUT2D eigenvalue weighted by Crippen LogP contribution is -2.16. The fourth-order valence-corrected chi connectivity index (χ4v) is 2.38. The average Bonchev–Trinajstić information content (AvgIpc) is 2.51. The van der Waals surface area contributed by atoms with Crippen LogP contribution in [0.5, 0.6) is 11.5 Å². The van der Waals surface area contributed by atoms with Crippen molar-refractivity contribution in [1.29, 1.82) is 0 Å². The van der Waals surface area contributed by atoms with Crippen LogP contribution in [0.25, 0.3) is 11.0 Å². The van der Waals surface area contributed by atoms with Crippen LogP contribution in [0.15, 0.2) is 15.3 Å². The molecule has 2 N–H and O–H groups in total. The maximum Gasteiger partial charge on any atom is 0.340 e. The number of carboxylic acid groups (broad SMARTS) is 1. The zero-order valence-electron chi connectivity index (χ0n) is 13.1. The van der Waals surface area contributed by atoms with Crippen LogP contribution in [0.4, 0.5) is 0 Å². The van der Waals surface area contributed by atoms with E-state index in [9.17, 15) is 19.5 Å². The van der Waals surface area contributed by atoms with Crippen LogP contribution in [0.3, 0.4) is 0 Å². The Bertz CT molecular complexity index is 850. The first-order chi connectivity index (χ1) is 11.4. The quantitative estimate of drug-likeness (QED) is 0.440. The molecule has 8 heteroatoms. The third-order valence-corrected chi connectivity index (χ3v) is 3.52. The maximum absolute atomic E-state index is 12.1. The lowest BCUT2D eigenvalue weighted by Gasteiger charge is -2.14. The summed E-state index contributed by atoms with van der Waals surface area (Å²) >= 11 is 0. The summed E-state index contributed by atoms with van der Waals surface area (Å²) < 4.78 is 15.5. The normalized spacial score (nSPS) is 10.8. The molecule has 0 radical (unpaired) electrons. The van der Waals surface area contributed by atoms with Crippen molar-refractivity contribution < 1.29 is 33.7 Å². The van der Waals surface area contributed by atoms with Gasteiger partial charge in [0.05, 0.1) is 29.5 Å². The van der Waals surface area contributed by atoms with Crippen LogP contribution >= 0.6 is 0 Å². The van der Waals surface area contributed by atoms with Crippen molar-refractivity contribution in [3.05, 3.63) is 33.2 Å². The highest BCUT2D eigenvalue weighted by Crippen LogP contribution is 2.36. The largest absolute Gasteiger partial charge is 0.507 e. The van der Waals surface area contributed by atoms with Crippen molar-refractivity contribution in [2.45, 2.75) is 13.3 Å². The van der Waals surface area contributed by atoms with Gasteiger partial charge in [-0.2, -0.15) is 0 Å². The number of phenolic OH excluding ortho intramolecular Hbond substituents is 1. The fourth-order valence-electron chi connectivity index (χ4n) is 2.38. The maximum atomic E-state index is 12.1. The molecule has 0 aliphatic heterocycles. The molecule has 0 saturated heterocycles. The molecular formula is C16H16O8. The van der Waals surface area contributed by atoms with Gasteiger partial charge in [0.25, 0.3) is 0 Å². The third kappa shape index (κ3) is 3.23. The van der Waals surface area contributed by atoms with Gasteiger partial charge in [0.2, 0.25) is 0 Å². The van der Waals surface area contributed by atoms with Gasteiger partial charge in [0.15, 0.2) is 11.9 Å². The molecule has 2 aromatic rings. The third-order valence-electron chi connectivity index (χ3n) is 3.52. The Morgan fingerprint density at radius 3 is 2.67 bits per heavy atom. The van der Waals surface area contributed by atoms with Crippen molar-refractivity contribution in [2.75, 3.05) is 20.3 Å². The molecule has 0 amide bonds. The highest BCUT2D eigenvalue weighted by Gasteiger charge is 2.22. The Kier molecular flexibility index (Phi) is 5.20. The summed E-state index contributed by atoms with van der Waals surface area (Å²) in [5, 5.41) is 19.2. The summed E-state index contributed by atoms with van der Waals surface area (Å²) in [7, 11) is 1.49. The highest BCUT2D eigenvalue weighted by atomic mass is 16.5. The van der Waals surface area contributed by atoms with Crippen LogP contribution in [0.2, 0.25) is 0 Å². The molecule has 0 atom stereocenters. The second kappa shape index (κ2) is 7.14. The van der Waals surface area contributed by atoms with E-state index in [0.717, 1.165) is 0 Å². The van der Waals surface area contributed by atoms with Crippen molar-refractivity contribution >= 4 is 23.2 Å². The molecule has 0 fully saturated rings. The Labute approximate surface area is 136 Å². The number of benzene rings is 1. The summed E-state index contributed by atoms with van der Waals surface area (Å²) in [6, 6.07) is 1.22. The Morgan fingerprint density at radius 2 is 2.08 bits per heavy atom. The van der Waals surface area contributed by atoms with Crippen LogP contribution in [0.1, 0.15) is 21.5 Å². The van der Waals surface area contributed by atoms with E-state index < -0.39 is 23.8 Å². The number of aliphatic carboxylic acids is 1. The van der Waals surface area contributed by atoms with Crippen molar-refractivity contribution in [3.8, 4) is 11.5 Å². The summed E-state index contributed by atoms with van der Waals surface area (Å²) in [4.78, 5) is 34.2. The number of phenols is 1. The summed E-state index contributed by atoms with van der Waals surface area (Å²) in [6.45, 7) is 1.96. The van der Waals surface area contributed by atoms with Crippen LogP contribution in [0, 0.1) is 6.92 Å². The molecule has 24 heavy (non-hydrogen) atoms. The summed E-state index contributed by atoms with van der Waals surface area (Å²) in [5.74, 6) is -1.43. The zero-order valence-corrected chi connectivity index (χ0v) is 13.1. The first-order valence-corrected chi connectivity index (χ1v) is 7.01. The zero-order chi connectivity index (χ0) is 17.9. The second-order valence-corrected chi connectivity index (χ2v) is 5.03. The number of hydrogen-bond donors (Lipinski definition) is 2. The van der Waals surface area contributed by atoms with Crippen molar-refractivity contribution in [2.24, 2.45) is 0 Å². The minimum absolute atomic E-state index is 0.0471. The predicted octanol–water partition coefficient (Wildman–Crippen LogP) is 1.27. The molecule has 2 rings (SSSR count). The number of carbonyl (C=O) groups excluding carboxylic acids is 1. The molecule has 0 aliphatic carbocycles. The molecule has 0 spiro atoms. The van der Waals surface area contributed by atoms with E-state index in [1.54, 1.807) is 0 Å². The van der Waals surface area contributed by atoms with E-state index in [0.29, 0.717) is 11.8 Å². The number of hydrogen-bond acceptors (Lipinski definition) is 7. The fraction of sp³-hybridized carbons (Fsp3) is 0.312. The van der Waals surface area contributed by atoms with E-state index >= 15 is 0 Å². The molecule has 0 aliphatic rings. The van der Waals surface area contributed by atoms with E-state index in [2.05, 4.69) is 0 Å². The van der Waals surface area contributed by atoms with Crippen LogP contribution < -0.4 is 10.4 Å². The van der Waals surface area contributed by atoms with Crippen LogP contribution in [-0.4, -0.2) is 42.8 Å². The molecule has 1 aromatic heterocycles. The van der Waals surface area contributed by atoms with E-state index in [4.69, 9.17) is 19.0 Å². The van der Waals surface area contributed by atoms with Gasteiger partial charge in [0, 0.05) is 13.2 Å². The minimum Gasteiger partial charge on any atom is -0.507 e. The van der Waals surface area contributed by atoms with E-state index in [-0.39, 0.29) is 41.1 Å². The Balaban J connectivity index is 2.78. The second-order valence-electron chi connectivity index (χ2n) is 5.03. The average molecular weight is 336 g/mol. The number of methoxy groups -OCH3 is 1. The van der Waals surface area contributed by atoms with Gasteiger partial charge >= 0.3 is 11.6 Å². The number of aryl methyl sites for hydroxylation is 1. The topological polar surface area (TPSA) is 123 Å².